The molecule has 0 aliphatic heterocycles. The number of nitrogens with one attached hydrogen (secondary N) is 2. The minimum absolute atomic E-state index is 0.0675. The van der Waals surface area contributed by atoms with Gasteiger partial charge in [-0.3, -0.25) is 0 Å². The van der Waals surface area contributed by atoms with Gasteiger partial charge in [0.25, 0.3) is 10.0 Å². The zero-order valence-electron chi connectivity index (χ0n) is 9.41. The first-order chi connectivity index (χ1) is 7.45. The molecule has 1 heterocycles. The largest absolute Gasteiger partial charge is 0.447 e. The Morgan fingerprint density at radius 2 is 2.19 bits per heavy atom. The highest BCUT2D eigenvalue weighted by Crippen LogP contribution is 2.13. The van der Waals surface area contributed by atoms with Crippen molar-refractivity contribution in [3.05, 3.63) is 30.0 Å². The molecule has 0 aliphatic rings. The Morgan fingerprint density at radius 3 is 2.75 bits per heavy atom. The fourth-order valence-electron chi connectivity index (χ4n) is 1.10. The Morgan fingerprint density at radius 1 is 1.50 bits per heavy atom. The maximum atomic E-state index is 11.4. The highest BCUT2D eigenvalue weighted by molar-refractivity contribution is 7.89. The zero-order chi connectivity index (χ0) is 12.2. The smallest absolute Gasteiger partial charge is 0.273 e. The fraction of sp³-hybridized carbons (Fsp3) is 0.400. The predicted octanol–water partition coefficient (Wildman–Crippen LogP) is 0.853. The van der Waals surface area contributed by atoms with Gasteiger partial charge >= 0.3 is 0 Å². The maximum Gasteiger partial charge on any atom is 0.273 e. The van der Waals surface area contributed by atoms with Gasteiger partial charge in [-0.05, 0) is 26.1 Å². The van der Waals surface area contributed by atoms with Crippen molar-refractivity contribution in [3.8, 4) is 0 Å². The lowest BCUT2D eigenvalue weighted by Crippen LogP contribution is -2.18. The molecule has 1 rings (SSSR count). The van der Waals surface area contributed by atoms with E-state index >= 15 is 0 Å². The molecule has 0 aliphatic carbocycles. The molecular formula is C10H16N2O3S. The van der Waals surface area contributed by atoms with E-state index in [-0.39, 0.29) is 5.09 Å². The summed E-state index contributed by atoms with van der Waals surface area (Å²) in [7, 11) is -2.14. The van der Waals surface area contributed by atoms with Crippen LogP contribution in [0, 0.1) is 0 Å². The van der Waals surface area contributed by atoms with Crippen molar-refractivity contribution in [1.82, 2.24) is 10.0 Å². The molecule has 1 aromatic heterocycles. The topological polar surface area (TPSA) is 71.3 Å². The second-order valence-electron chi connectivity index (χ2n) is 3.49. The van der Waals surface area contributed by atoms with Crippen LogP contribution >= 0.6 is 0 Å². The van der Waals surface area contributed by atoms with E-state index in [4.69, 9.17) is 4.42 Å². The van der Waals surface area contributed by atoms with Crippen LogP contribution in [0.3, 0.4) is 0 Å². The molecule has 0 fully saturated rings. The minimum atomic E-state index is -3.48. The lowest BCUT2D eigenvalue weighted by Gasteiger charge is -2.01. The Kier molecular flexibility index (Phi) is 4.28. The van der Waals surface area contributed by atoms with Gasteiger partial charge < -0.3 is 9.73 Å². The summed E-state index contributed by atoms with van der Waals surface area (Å²) in [5.41, 5.74) is 1.01. The Balaban J connectivity index is 2.62. The van der Waals surface area contributed by atoms with E-state index in [9.17, 15) is 8.42 Å². The maximum absolute atomic E-state index is 11.4. The van der Waals surface area contributed by atoms with Crippen LogP contribution < -0.4 is 10.0 Å². The average Bonchev–Trinajstić information content (AvgIpc) is 2.66. The van der Waals surface area contributed by atoms with Gasteiger partial charge in [-0.2, -0.15) is 0 Å². The van der Waals surface area contributed by atoms with Gasteiger partial charge in [0.05, 0.1) is 6.54 Å². The molecule has 2 N–H and O–H groups in total. The van der Waals surface area contributed by atoms with Crippen LogP contribution in [-0.2, 0) is 16.6 Å². The Bertz CT molecular complexity index is 462. The lowest BCUT2D eigenvalue weighted by molar-refractivity contribution is 0.403. The van der Waals surface area contributed by atoms with Crippen LogP contribution in [0.15, 0.2) is 33.8 Å². The highest BCUT2D eigenvalue weighted by atomic mass is 32.2. The van der Waals surface area contributed by atoms with Crippen molar-refractivity contribution in [1.29, 1.82) is 0 Å². The number of hydrogen-bond donors (Lipinski definition) is 2. The summed E-state index contributed by atoms with van der Waals surface area (Å²) in [5.74, 6) is 0.579. The summed E-state index contributed by atoms with van der Waals surface area (Å²) >= 11 is 0. The molecule has 0 aromatic carbocycles. The first-order valence-corrected chi connectivity index (χ1v) is 6.31. The van der Waals surface area contributed by atoms with E-state index in [2.05, 4.69) is 16.6 Å². The molecule has 0 unspecified atom stereocenters. The number of furan rings is 1. The molecule has 0 saturated heterocycles. The van der Waals surface area contributed by atoms with Crippen LogP contribution in [0.5, 0.6) is 0 Å². The monoisotopic (exact) mass is 244 g/mol. The molecule has 0 amide bonds. The van der Waals surface area contributed by atoms with Crippen molar-refractivity contribution in [2.75, 3.05) is 13.6 Å². The van der Waals surface area contributed by atoms with E-state index in [0.29, 0.717) is 18.8 Å². The molecule has 0 radical (unpaired) electrons. The zero-order valence-corrected chi connectivity index (χ0v) is 10.2. The van der Waals surface area contributed by atoms with Crippen molar-refractivity contribution < 1.29 is 12.8 Å². The summed E-state index contributed by atoms with van der Waals surface area (Å²) in [5, 5.41) is 3.01. The first kappa shape index (κ1) is 13.0. The van der Waals surface area contributed by atoms with E-state index < -0.39 is 10.0 Å². The Hall–Kier alpha value is -1.11. The first-order valence-electron chi connectivity index (χ1n) is 4.83. The van der Waals surface area contributed by atoms with Crippen LogP contribution in [0.4, 0.5) is 0 Å². The van der Waals surface area contributed by atoms with Crippen LogP contribution in [0.25, 0.3) is 0 Å². The molecule has 0 bridgehead atoms. The van der Waals surface area contributed by atoms with E-state index in [1.165, 1.54) is 13.1 Å². The van der Waals surface area contributed by atoms with Gasteiger partial charge in [0.2, 0.25) is 5.09 Å². The van der Waals surface area contributed by atoms with E-state index in [1.807, 2.05) is 6.92 Å². The second kappa shape index (κ2) is 5.29. The summed E-state index contributed by atoms with van der Waals surface area (Å²) in [4.78, 5) is 0. The molecule has 90 valence electrons. The summed E-state index contributed by atoms with van der Waals surface area (Å²) in [6.07, 6.45) is 0. The van der Waals surface area contributed by atoms with Gasteiger partial charge in [0.15, 0.2) is 0 Å². The van der Waals surface area contributed by atoms with Crippen molar-refractivity contribution >= 4 is 10.0 Å². The van der Waals surface area contributed by atoms with Gasteiger partial charge in [-0.1, -0.05) is 12.2 Å². The summed E-state index contributed by atoms with van der Waals surface area (Å²) in [6.45, 7) is 6.81. The second-order valence-corrected chi connectivity index (χ2v) is 5.31. The summed E-state index contributed by atoms with van der Waals surface area (Å²) in [6, 6.07) is 3.07. The highest BCUT2D eigenvalue weighted by Gasteiger charge is 2.15. The average molecular weight is 244 g/mol. The molecule has 1 aromatic rings. The van der Waals surface area contributed by atoms with E-state index in [1.54, 1.807) is 6.07 Å². The molecule has 0 saturated carbocycles. The molecule has 16 heavy (non-hydrogen) atoms. The van der Waals surface area contributed by atoms with Crippen LogP contribution in [0.2, 0.25) is 0 Å². The minimum Gasteiger partial charge on any atom is -0.447 e. The molecule has 6 heteroatoms. The summed E-state index contributed by atoms with van der Waals surface area (Å²) < 4.78 is 30.1. The van der Waals surface area contributed by atoms with Crippen LogP contribution in [-0.4, -0.2) is 22.0 Å². The Labute approximate surface area is 95.6 Å². The molecule has 5 nitrogen and oxygen atoms in total. The van der Waals surface area contributed by atoms with Crippen LogP contribution in [0.1, 0.15) is 12.7 Å². The lowest BCUT2D eigenvalue weighted by atomic mass is 10.3. The molecule has 0 atom stereocenters. The van der Waals surface area contributed by atoms with Gasteiger partial charge in [-0.15, -0.1) is 0 Å². The predicted molar refractivity (Wildman–Crippen MR) is 61.5 cm³/mol. The van der Waals surface area contributed by atoms with Gasteiger partial charge in [0.1, 0.15) is 5.76 Å². The fourth-order valence-corrected chi connectivity index (χ4v) is 1.76. The third kappa shape index (κ3) is 3.48. The van der Waals surface area contributed by atoms with Crippen molar-refractivity contribution in [3.63, 3.8) is 0 Å². The van der Waals surface area contributed by atoms with Crippen molar-refractivity contribution in [2.45, 2.75) is 18.6 Å². The number of rotatable bonds is 6. The third-order valence-electron chi connectivity index (χ3n) is 1.90. The number of sulfonamides is 1. The van der Waals surface area contributed by atoms with Crippen molar-refractivity contribution in [2.24, 2.45) is 0 Å². The molecular weight excluding hydrogens is 228 g/mol. The normalized spacial score (nSPS) is 11.6. The third-order valence-corrected chi connectivity index (χ3v) is 3.18. The van der Waals surface area contributed by atoms with E-state index in [0.717, 1.165) is 5.57 Å². The van der Waals surface area contributed by atoms with Gasteiger partial charge in [0, 0.05) is 6.54 Å². The quantitative estimate of drug-likeness (QED) is 0.728. The number of hydrogen-bond acceptors (Lipinski definition) is 4. The molecule has 0 spiro atoms. The van der Waals surface area contributed by atoms with Gasteiger partial charge in [-0.25, -0.2) is 13.1 Å². The SMILES string of the molecule is C=C(C)CNCc1ccc(S(=O)(=O)NC)o1. The standard InChI is InChI=1S/C10H16N2O3S/c1-8(2)6-12-7-9-4-5-10(15-9)16(13,14)11-3/h4-5,11-12H,1,6-7H2,2-3H3.